The van der Waals surface area contributed by atoms with Crippen molar-refractivity contribution >= 4 is 27.2 Å². The van der Waals surface area contributed by atoms with Gasteiger partial charge in [-0.25, -0.2) is 0 Å². The first-order valence-electron chi connectivity index (χ1n) is 6.68. The minimum Gasteiger partial charge on any atom is -0.288 e. The minimum atomic E-state index is 0.138. The molecule has 0 aliphatic carbocycles. The van der Waals surface area contributed by atoms with Crippen molar-refractivity contribution in [3.8, 4) is 0 Å². The van der Waals surface area contributed by atoms with Gasteiger partial charge in [0.05, 0.1) is 4.88 Å². The van der Waals surface area contributed by atoms with Crippen LogP contribution in [0.5, 0.6) is 0 Å². The molecule has 2 heteroatoms. The zero-order valence-electron chi connectivity index (χ0n) is 11.9. The number of benzene rings is 2. The fraction of sp³-hybridized carbons (Fsp3) is 0.167. The number of carbonyl (C=O) groups excluding carboxylic acids is 1. The van der Waals surface area contributed by atoms with E-state index in [0.29, 0.717) is 0 Å². The second kappa shape index (κ2) is 4.88. The summed E-state index contributed by atoms with van der Waals surface area (Å²) in [5.74, 6) is 0.138. The predicted octanol–water partition coefficient (Wildman–Crippen LogP) is 5.06. The number of fused-ring (bicyclic) bond motifs is 1. The average Bonchev–Trinajstić information content (AvgIpc) is 2.75. The molecule has 0 aliphatic heterocycles. The maximum absolute atomic E-state index is 12.8. The van der Waals surface area contributed by atoms with E-state index in [-0.39, 0.29) is 5.78 Å². The molecule has 0 spiro atoms. The Balaban J connectivity index is 2.18. The zero-order chi connectivity index (χ0) is 14.3. The quantitative estimate of drug-likeness (QED) is 0.600. The van der Waals surface area contributed by atoms with Crippen molar-refractivity contribution in [2.75, 3.05) is 0 Å². The van der Waals surface area contributed by atoms with Crippen LogP contribution in [0, 0.1) is 20.8 Å². The fourth-order valence-electron chi connectivity index (χ4n) is 2.50. The molecule has 0 saturated carbocycles. The first-order chi connectivity index (χ1) is 9.58. The van der Waals surface area contributed by atoms with Gasteiger partial charge >= 0.3 is 0 Å². The van der Waals surface area contributed by atoms with Crippen LogP contribution in [0.2, 0.25) is 0 Å². The van der Waals surface area contributed by atoms with Crippen LogP contribution in [-0.2, 0) is 0 Å². The number of hydrogen-bond donors (Lipinski definition) is 0. The second-order valence-electron chi connectivity index (χ2n) is 5.20. The molecule has 0 atom stereocenters. The van der Waals surface area contributed by atoms with Crippen molar-refractivity contribution in [2.24, 2.45) is 0 Å². The lowest BCUT2D eigenvalue weighted by atomic mass is 10.0. The Morgan fingerprint density at radius 2 is 1.75 bits per heavy atom. The van der Waals surface area contributed by atoms with E-state index >= 15 is 0 Å². The van der Waals surface area contributed by atoms with Crippen molar-refractivity contribution < 1.29 is 4.79 Å². The van der Waals surface area contributed by atoms with Gasteiger partial charge in [0.15, 0.2) is 0 Å². The van der Waals surface area contributed by atoms with Crippen molar-refractivity contribution in [3.63, 3.8) is 0 Å². The first-order valence-corrected chi connectivity index (χ1v) is 7.49. The molecule has 1 heterocycles. The Kier molecular flexibility index (Phi) is 3.19. The molecule has 0 saturated heterocycles. The number of rotatable bonds is 2. The van der Waals surface area contributed by atoms with Crippen LogP contribution in [-0.4, -0.2) is 5.78 Å². The second-order valence-corrected chi connectivity index (χ2v) is 6.25. The van der Waals surface area contributed by atoms with E-state index in [4.69, 9.17) is 0 Å². The molecular weight excluding hydrogens is 264 g/mol. The van der Waals surface area contributed by atoms with E-state index < -0.39 is 0 Å². The smallest absolute Gasteiger partial charge is 0.203 e. The van der Waals surface area contributed by atoms with Crippen LogP contribution in [0.1, 0.15) is 31.9 Å². The van der Waals surface area contributed by atoms with Gasteiger partial charge in [-0.2, -0.15) is 0 Å². The Bertz CT molecular complexity index is 811. The van der Waals surface area contributed by atoms with Crippen LogP contribution >= 0.6 is 11.3 Å². The highest BCUT2D eigenvalue weighted by Gasteiger charge is 2.18. The third-order valence-electron chi connectivity index (χ3n) is 3.69. The summed E-state index contributed by atoms with van der Waals surface area (Å²) in [4.78, 5) is 13.6. The number of thiophene rings is 1. The molecule has 3 aromatic rings. The van der Waals surface area contributed by atoms with E-state index in [2.05, 4.69) is 25.1 Å². The van der Waals surface area contributed by atoms with Crippen LogP contribution in [0.15, 0.2) is 42.5 Å². The summed E-state index contributed by atoms with van der Waals surface area (Å²) < 4.78 is 1.19. The SMILES string of the molecule is Cc1ccc2c(C)c(C(=O)c3ccccc3C)sc2c1. The number of ketones is 1. The molecule has 0 radical (unpaired) electrons. The predicted molar refractivity (Wildman–Crippen MR) is 85.9 cm³/mol. The Hall–Kier alpha value is -1.93. The molecule has 0 N–H and O–H groups in total. The molecule has 0 bridgehead atoms. The molecule has 0 aliphatic rings. The molecule has 20 heavy (non-hydrogen) atoms. The van der Waals surface area contributed by atoms with Crippen LogP contribution < -0.4 is 0 Å². The van der Waals surface area contributed by atoms with Crippen molar-refractivity contribution in [3.05, 3.63) is 69.6 Å². The van der Waals surface area contributed by atoms with E-state index in [1.807, 2.05) is 38.1 Å². The minimum absolute atomic E-state index is 0.138. The largest absolute Gasteiger partial charge is 0.288 e. The van der Waals surface area contributed by atoms with Gasteiger partial charge in [-0.15, -0.1) is 11.3 Å². The lowest BCUT2D eigenvalue weighted by Gasteiger charge is -2.03. The fourth-order valence-corrected chi connectivity index (χ4v) is 3.76. The molecule has 0 unspecified atom stereocenters. The third-order valence-corrected chi connectivity index (χ3v) is 4.94. The molecule has 3 rings (SSSR count). The summed E-state index contributed by atoms with van der Waals surface area (Å²) in [6.45, 7) is 6.11. The highest BCUT2D eigenvalue weighted by molar-refractivity contribution is 7.21. The maximum Gasteiger partial charge on any atom is 0.203 e. The van der Waals surface area contributed by atoms with Gasteiger partial charge in [0.2, 0.25) is 5.78 Å². The molecule has 0 amide bonds. The average molecular weight is 280 g/mol. The zero-order valence-corrected chi connectivity index (χ0v) is 12.7. The summed E-state index contributed by atoms with van der Waals surface area (Å²) >= 11 is 1.60. The third kappa shape index (κ3) is 2.06. The molecule has 1 aromatic heterocycles. The van der Waals surface area contributed by atoms with Crippen LogP contribution in [0.4, 0.5) is 0 Å². The number of aryl methyl sites for hydroxylation is 3. The van der Waals surface area contributed by atoms with Crippen LogP contribution in [0.3, 0.4) is 0 Å². The van der Waals surface area contributed by atoms with E-state index in [9.17, 15) is 4.79 Å². The number of hydrogen-bond acceptors (Lipinski definition) is 2. The van der Waals surface area contributed by atoms with Crippen molar-refractivity contribution in [2.45, 2.75) is 20.8 Å². The number of carbonyl (C=O) groups is 1. The van der Waals surface area contributed by atoms with Gasteiger partial charge in [0.1, 0.15) is 0 Å². The molecular formula is C18H16OS. The topological polar surface area (TPSA) is 17.1 Å². The van der Waals surface area contributed by atoms with Gasteiger partial charge in [0, 0.05) is 10.3 Å². The summed E-state index contributed by atoms with van der Waals surface area (Å²) in [6, 6.07) is 14.2. The Morgan fingerprint density at radius 1 is 1.00 bits per heavy atom. The molecule has 0 fully saturated rings. The highest BCUT2D eigenvalue weighted by Crippen LogP contribution is 2.33. The normalized spacial score (nSPS) is 10.9. The van der Waals surface area contributed by atoms with Crippen LogP contribution in [0.25, 0.3) is 10.1 Å². The van der Waals surface area contributed by atoms with E-state index in [1.54, 1.807) is 11.3 Å². The van der Waals surface area contributed by atoms with Gasteiger partial charge < -0.3 is 0 Å². The lowest BCUT2D eigenvalue weighted by molar-refractivity contribution is 0.104. The molecule has 2 aromatic carbocycles. The van der Waals surface area contributed by atoms with Gasteiger partial charge in [-0.1, -0.05) is 36.4 Å². The monoisotopic (exact) mass is 280 g/mol. The van der Waals surface area contributed by atoms with E-state index in [1.165, 1.54) is 15.6 Å². The maximum atomic E-state index is 12.8. The van der Waals surface area contributed by atoms with Crippen molar-refractivity contribution in [1.82, 2.24) is 0 Å². The lowest BCUT2D eigenvalue weighted by Crippen LogP contribution is -2.02. The summed E-state index contributed by atoms with van der Waals surface area (Å²) in [7, 11) is 0. The van der Waals surface area contributed by atoms with E-state index in [0.717, 1.165) is 21.6 Å². The summed E-state index contributed by atoms with van der Waals surface area (Å²) in [6.07, 6.45) is 0. The molecule has 1 nitrogen and oxygen atoms in total. The van der Waals surface area contributed by atoms with Gasteiger partial charge in [-0.05, 0) is 48.9 Å². The highest BCUT2D eigenvalue weighted by atomic mass is 32.1. The standard InChI is InChI=1S/C18H16OS/c1-11-8-9-15-13(3)18(20-16(15)10-11)17(19)14-7-5-4-6-12(14)2/h4-10H,1-3H3. The van der Waals surface area contributed by atoms with Gasteiger partial charge in [0.25, 0.3) is 0 Å². The molecule has 100 valence electrons. The Labute approximate surface area is 122 Å². The summed E-state index contributed by atoms with van der Waals surface area (Å²) in [5.41, 5.74) is 4.16. The first kappa shape index (κ1) is 13.1. The van der Waals surface area contributed by atoms with Gasteiger partial charge in [-0.3, -0.25) is 4.79 Å². The van der Waals surface area contributed by atoms with Crippen molar-refractivity contribution in [1.29, 1.82) is 0 Å². The summed E-state index contributed by atoms with van der Waals surface area (Å²) in [5, 5.41) is 1.19. The Morgan fingerprint density at radius 3 is 2.50 bits per heavy atom.